The summed E-state index contributed by atoms with van der Waals surface area (Å²) >= 11 is 0. The molecule has 3 N–H and O–H groups in total. The minimum atomic E-state index is -3.95. The topological polar surface area (TPSA) is 107 Å². The van der Waals surface area contributed by atoms with E-state index in [-0.39, 0.29) is 22.8 Å². The van der Waals surface area contributed by atoms with Crippen LogP contribution < -0.4 is 9.88 Å². The van der Waals surface area contributed by atoms with Crippen LogP contribution in [0.25, 0.3) is 0 Å². The van der Waals surface area contributed by atoms with Crippen LogP contribution in [-0.2, 0) is 10.0 Å². The van der Waals surface area contributed by atoms with E-state index in [0.717, 1.165) is 11.6 Å². The second kappa shape index (κ2) is 5.85. The van der Waals surface area contributed by atoms with Gasteiger partial charge >= 0.3 is 5.97 Å². The summed E-state index contributed by atoms with van der Waals surface area (Å²) in [6.07, 6.45) is 0.706. The third-order valence-electron chi connectivity index (χ3n) is 2.44. The van der Waals surface area contributed by atoms with Crippen molar-refractivity contribution in [2.75, 3.05) is 6.61 Å². The predicted octanol–water partition coefficient (Wildman–Crippen LogP) is 1.38. The minimum Gasteiger partial charge on any atom is -0.488 e. The van der Waals surface area contributed by atoms with Crippen molar-refractivity contribution in [2.45, 2.75) is 18.2 Å². The summed E-state index contributed by atoms with van der Waals surface area (Å²) < 4.78 is 27.6. The summed E-state index contributed by atoms with van der Waals surface area (Å²) in [6, 6.07) is 3.44. The second-order valence-corrected chi connectivity index (χ2v) is 5.46. The molecule has 0 aliphatic carbocycles. The molecule has 104 valence electrons. The summed E-state index contributed by atoms with van der Waals surface area (Å²) in [7, 11) is -3.95. The van der Waals surface area contributed by atoms with Crippen LogP contribution in [0.1, 0.15) is 23.7 Å². The SMILES string of the molecule is C=C(CC)COc1ccc(S(N)(=O)=O)cc1C(=O)O. The maximum Gasteiger partial charge on any atom is 0.339 e. The van der Waals surface area contributed by atoms with Crippen LogP contribution in [0.3, 0.4) is 0 Å². The average molecular weight is 285 g/mol. The molecule has 0 unspecified atom stereocenters. The van der Waals surface area contributed by atoms with Crippen molar-refractivity contribution in [3.8, 4) is 5.75 Å². The molecule has 0 fully saturated rings. The lowest BCUT2D eigenvalue weighted by molar-refractivity contribution is 0.0692. The normalized spacial score (nSPS) is 11.1. The molecule has 0 saturated carbocycles. The van der Waals surface area contributed by atoms with Crippen LogP contribution in [0.4, 0.5) is 0 Å². The zero-order valence-electron chi connectivity index (χ0n) is 10.4. The molecular formula is C12H15NO5S. The number of carboxylic acids is 1. The first kappa shape index (κ1) is 15.2. The van der Waals surface area contributed by atoms with Crippen LogP contribution in [0.5, 0.6) is 5.75 Å². The van der Waals surface area contributed by atoms with E-state index in [4.69, 9.17) is 15.0 Å². The van der Waals surface area contributed by atoms with Crippen LogP contribution >= 0.6 is 0 Å². The minimum absolute atomic E-state index is 0.0782. The van der Waals surface area contributed by atoms with Crippen LogP contribution in [0, 0.1) is 0 Å². The lowest BCUT2D eigenvalue weighted by Gasteiger charge is -2.10. The smallest absolute Gasteiger partial charge is 0.339 e. The highest BCUT2D eigenvalue weighted by Gasteiger charge is 2.17. The van der Waals surface area contributed by atoms with E-state index in [1.165, 1.54) is 12.1 Å². The van der Waals surface area contributed by atoms with Gasteiger partial charge in [-0.1, -0.05) is 13.5 Å². The largest absolute Gasteiger partial charge is 0.488 e. The summed E-state index contributed by atoms with van der Waals surface area (Å²) in [4.78, 5) is 10.8. The third kappa shape index (κ3) is 4.08. The Morgan fingerprint density at radius 2 is 2.11 bits per heavy atom. The molecule has 6 nitrogen and oxygen atoms in total. The molecule has 1 aromatic rings. The van der Waals surface area contributed by atoms with E-state index in [0.29, 0.717) is 6.42 Å². The zero-order chi connectivity index (χ0) is 14.6. The molecule has 0 atom stereocenters. The number of hydrogen-bond donors (Lipinski definition) is 2. The second-order valence-electron chi connectivity index (χ2n) is 3.90. The number of carbonyl (C=O) groups is 1. The number of carboxylic acid groups (broad SMARTS) is 1. The molecule has 0 aromatic heterocycles. The first-order valence-corrected chi connectivity index (χ1v) is 7.00. The van der Waals surface area contributed by atoms with Gasteiger partial charge in [-0.15, -0.1) is 0 Å². The van der Waals surface area contributed by atoms with Gasteiger partial charge in [-0.2, -0.15) is 0 Å². The highest BCUT2D eigenvalue weighted by Crippen LogP contribution is 2.22. The first-order chi connectivity index (χ1) is 8.75. The van der Waals surface area contributed by atoms with Crippen molar-refractivity contribution >= 4 is 16.0 Å². The van der Waals surface area contributed by atoms with Gasteiger partial charge in [0, 0.05) is 0 Å². The van der Waals surface area contributed by atoms with Crippen LogP contribution in [0.15, 0.2) is 35.2 Å². The monoisotopic (exact) mass is 285 g/mol. The number of aromatic carboxylic acids is 1. The van der Waals surface area contributed by atoms with Gasteiger partial charge in [0.1, 0.15) is 17.9 Å². The molecular weight excluding hydrogens is 270 g/mol. The summed E-state index contributed by atoms with van der Waals surface area (Å²) in [5.74, 6) is -1.21. The molecule has 0 bridgehead atoms. The number of sulfonamides is 1. The fourth-order valence-corrected chi connectivity index (χ4v) is 1.80. The highest BCUT2D eigenvalue weighted by atomic mass is 32.2. The Morgan fingerprint density at radius 3 is 2.58 bits per heavy atom. The van der Waals surface area contributed by atoms with Crippen molar-refractivity contribution in [2.24, 2.45) is 5.14 Å². The fourth-order valence-electron chi connectivity index (χ4n) is 1.26. The van der Waals surface area contributed by atoms with Gasteiger partial charge in [0.2, 0.25) is 10.0 Å². The standard InChI is InChI=1S/C12H15NO5S/c1-3-8(2)7-18-11-5-4-9(19(13,16)17)6-10(11)12(14)15/h4-6H,2-3,7H2,1H3,(H,14,15)(H2,13,16,17). The van der Waals surface area contributed by atoms with Gasteiger partial charge in [-0.05, 0) is 30.2 Å². The Morgan fingerprint density at radius 1 is 1.47 bits per heavy atom. The van der Waals surface area contributed by atoms with Gasteiger partial charge in [-0.25, -0.2) is 18.4 Å². The van der Waals surface area contributed by atoms with E-state index < -0.39 is 16.0 Å². The Hall–Kier alpha value is -1.86. The molecule has 1 aromatic carbocycles. The molecule has 0 heterocycles. The molecule has 0 saturated heterocycles. The number of benzene rings is 1. The number of primary sulfonamides is 1. The van der Waals surface area contributed by atoms with Crippen molar-refractivity contribution < 1.29 is 23.1 Å². The van der Waals surface area contributed by atoms with Crippen LogP contribution in [-0.4, -0.2) is 26.1 Å². The first-order valence-electron chi connectivity index (χ1n) is 5.45. The molecule has 0 spiro atoms. The van der Waals surface area contributed by atoms with Crippen LogP contribution in [0.2, 0.25) is 0 Å². The van der Waals surface area contributed by atoms with E-state index in [2.05, 4.69) is 6.58 Å². The van der Waals surface area contributed by atoms with Crippen molar-refractivity contribution in [3.05, 3.63) is 35.9 Å². The zero-order valence-corrected chi connectivity index (χ0v) is 11.2. The summed E-state index contributed by atoms with van der Waals surface area (Å²) in [5, 5.41) is 14.0. The van der Waals surface area contributed by atoms with E-state index >= 15 is 0 Å². The fraction of sp³-hybridized carbons (Fsp3) is 0.250. The molecule has 1 rings (SSSR count). The molecule has 0 aliphatic heterocycles. The van der Waals surface area contributed by atoms with Crippen molar-refractivity contribution in [1.82, 2.24) is 0 Å². The molecule has 0 amide bonds. The third-order valence-corrected chi connectivity index (χ3v) is 3.35. The van der Waals surface area contributed by atoms with E-state index in [9.17, 15) is 13.2 Å². The average Bonchev–Trinajstić information content (AvgIpc) is 2.34. The number of rotatable bonds is 6. The van der Waals surface area contributed by atoms with Gasteiger partial charge < -0.3 is 9.84 Å². The quantitative estimate of drug-likeness (QED) is 0.768. The van der Waals surface area contributed by atoms with Crippen molar-refractivity contribution in [1.29, 1.82) is 0 Å². The van der Waals surface area contributed by atoms with E-state index in [1.807, 2.05) is 6.92 Å². The molecule has 7 heteroatoms. The molecule has 0 aliphatic rings. The Balaban J connectivity index is 3.12. The van der Waals surface area contributed by atoms with Gasteiger partial charge in [-0.3, -0.25) is 0 Å². The van der Waals surface area contributed by atoms with Gasteiger partial charge in [0.05, 0.1) is 4.90 Å². The van der Waals surface area contributed by atoms with Crippen molar-refractivity contribution in [3.63, 3.8) is 0 Å². The summed E-state index contributed by atoms with van der Waals surface area (Å²) in [6.45, 7) is 5.80. The lowest BCUT2D eigenvalue weighted by Crippen LogP contribution is -2.14. The summed E-state index contributed by atoms with van der Waals surface area (Å²) in [5.41, 5.74) is 0.544. The van der Waals surface area contributed by atoms with Gasteiger partial charge in [0.25, 0.3) is 0 Å². The number of ether oxygens (including phenoxy) is 1. The molecule has 19 heavy (non-hydrogen) atoms. The lowest BCUT2D eigenvalue weighted by atomic mass is 10.2. The predicted molar refractivity (Wildman–Crippen MR) is 69.7 cm³/mol. The maximum absolute atomic E-state index is 11.2. The Labute approximate surface area is 111 Å². The van der Waals surface area contributed by atoms with Gasteiger partial charge in [0.15, 0.2) is 0 Å². The number of hydrogen-bond acceptors (Lipinski definition) is 4. The molecule has 0 radical (unpaired) electrons. The highest BCUT2D eigenvalue weighted by molar-refractivity contribution is 7.89. The maximum atomic E-state index is 11.2. The Kier molecular flexibility index (Phi) is 4.68. The number of nitrogens with two attached hydrogens (primary N) is 1. The van der Waals surface area contributed by atoms with E-state index in [1.54, 1.807) is 0 Å². The Bertz CT molecular complexity index is 607.